The lowest BCUT2D eigenvalue weighted by molar-refractivity contribution is -0.126. The fourth-order valence-corrected chi connectivity index (χ4v) is 15.9. The number of rotatable bonds is 15. The maximum atomic E-state index is 15.7. The van der Waals surface area contributed by atoms with Crippen LogP contribution in [0, 0.1) is 82.7 Å². The molecule has 9 rings (SSSR count). The van der Waals surface area contributed by atoms with Crippen molar-refractivity contribution in [2.45, 2.75) is 146 Å². The average Bonchev–Trinajstić information content (AvgIpc) is 4.11. The Morgan fingerprint density at radius 3 is 2.66 bits per heavy atom. The first-order valence-electron chi connectivity index (χ1n) is 27.8. The molecule has 13 unspecified atom stereocenters. The summed E-state index contributed by atoms with van der Waals surface area (Å²) in [5, 5.41) is 52.0. The van der Waals surface area contributed by atoms with Crippen LogP contribution in [0.15, 0.2) is 47.5 Å². The third-order valence-electron chi connectivity index (χ3n) is 19.0. The zero-order valence-electron chi connectivity index (χ0n) is 43.9. The van der Waals surface area contributed by atoms with E-state index in [9.17, 15) is 20.4 Å². The Morgan fingerprint density at radius 2 is 1.86 bits per heavy atom. The summed E-state index contributed by atoms with van der Waals surface area (Å²) in [4.78, 5) is 20.4. The van der Waals surface area contributed by atoms with E-state index in [1.807, 2.05) is 25.3 Å². The molecule has 13 heteroatoms. The molecule has 2 heterocycles. The quantitative estimate of drug-likeness (QED) is 0.0513. The highest BCUT2D eigenvalue weighted by Crippen LogP contribution is 2.67. The molecule has 73 heavy (non-hydrogen) atoms. The minimum atomic E-state index is -0.974. The molecule has 13 nitrogen and oxygen atoms in total. The molecule has 13 atom stereocenters. The number of methoxy groups -OCH3 is 1. The number of aliphatic hydroxyl groups excluding tert-OH is 3. The number of carbonyl (C=O) groups is 1. The van der Waals surface area contributed by atoms with Crippen molar-refractivity contribution >= 4 is 17.4 Å². The molecular formula is C60H82N4O9. The van der Waals surface area contributed by atoms with Gasteiger partial charge in [0.15, 0.2) is 29.3 Å². The van der Waals surface area contributed by atoms with E-state index < -0.39 is 22.7 Å². The fraction of sp³-hybridized carbons (Fsp3) is 0.667. The molecule has 7 aliphatic rings. The number of hydrogen-bond donors (Lipinski definition) is 7. The number of hydrogen-bond acceptors (Lipinski definition) is 11. The minimum Gasteiger partial charge on any atom is -0.504 e. The third-order valence-corrected chi connectivity index (χ3v) is 19.0. The van der Waals surface area contributed by atoms with Gasteiger partial charge in [-0.05, 0) is 179 Å². The van der Waals surface area contributed by atoms with E-state index >= 15 is 4.79 Å². The van der Waals surface area contributed by atoms with Crippen LogP contribution in [-0.4, -0.2) is 91.6 Å². The number of nitrogens with one attached hydrogen (secondary N) is 3. The Labute approximate surface area is 434 Å². The van der Waals surface area contributed by atoms with E-state index in [0.29, 0.717) is 104 Å². The second kappa shape index (κ2) is 23.4. The highest BCUT2D eigenvalue weighted by Gasteiger charge is 2.61. The van der Waals surface area contributed by atoms with Gasteiger partial charge in [-0.15, -0.1) is 0 Å². The number of phenols is 1. The molecule has 4 bridgehead atoms. The van der Waals surface area contributed by atoms with Crippen molar-refractivity contribution in [1.29, 1.82) is 0 Å². The monoisotopic (exact) mass is 1000 g/mol. The molecule has 2 aromatic rings. The van der Waals surface area contributed by atoms with Crippen molar-refractivity contribution in [3.63, 3.8) is 0 Å². The summed E-state index contributed by atoms with van der Waals surface area (Å²) >= 11 is 0. The van der Waals surface area contributed by atoms with Crippen LogP contribution >= 0.6 is 0 Å². The van der Waals surface area contributed by atoms with Gasteiger partial charge in [0.05, 0.1) is 19.4 Å². The largest absolute Gasteiger partial charge is 0.504 e. The van der Waals surface area contributed by atoms with E-state index in [-0.39, 0.29) is 60.9 Å². The topological polar surface area (TPSA) is 183 Å². The molecule has 5 fully saturated rings. The van der Waals surface area contributed by atoms with E-state index in [4.69, 9.17) is 18.9 Å². The molecule has 0 amide bonds. The number of guanidine groups is 1. The molecule has 2 aromatic carbocycles. The van der Waals surface area contributed by atoms with Crippen LogP contribution in [0.3, 0.4) is 0 Å². The van der Waals surface area contributed by atoms with E-state index in [2.05, 4.69) is 70.1 Å². The van der Waals surface area contributed by atoms with Crippen LogP contribution in [0.4, 0.5) is 5.69 Å². The summed E-state index contributed by atoms with van der Waals surface area (Å²) in [5.41, 5.74) is 1.00. The van der Waals surface area contributed by atoms with Gasteiger partial charge in [0, 0.05) is 62.9 Å². The smallest absolute Gasteiger partial charge is 0.207 e. The zero-order chi connectivity index (χ0) is 51.2. The number of nitrogens with zero attached hydrogens (tertiary/aromatic N) is 1. The van der Waals surface area contributed by atoms with Crippen LogP contribution in [-0.2, 0) is 21.4 Å². The Bertz CT molecular complexity index is 2460. The number of aliphatic hydroxyl groups is 3. The summed E-state index contributed by atoms with van der Waals surface area (Å²) in [7, 11) is 5.25. The normalized spacial score (nSPS) is 34.4. The SMILES string of the molecule is CCC1CCC2C(C1)C1C=CC(=O)C3(Cc4ccc(O)c(OC)c4)CCCC3CC#CNC(=NC)Nc3cc(cc4c3OC#CCC3CC(CNC)(CC3CC(O)OCCCO)O4)C13CCCC3C2CCCO. The van der Waals surface area contributed by atoms with Gasteiger partial charge in [0.25, 0.3) is 0 Å². The van der Waals surface area contributed by atoms with Crippen LogP contribution in [0.5, 0.6) is 23.0 Å². The van der Waals surface area contributed by atoms with Crippen molar-refractivity contribution in [3.05, 3.63) is 53.6 Å². The van der Waals surface area contributed by atoms with Crippen LogP contribution in [0.1, 0.15) is 134 Å². The number of benzene rings is 2. The highest BCUT2D eigenvalue weighted by atomic mass is 16.6. The van der Waals surface area contributed by atoms with Gasteiger partial charge in [-0.25, -0.2) is 0 Å². The number of ketones is 1. The van der Waals surface area contributed by atoms with E-state index in [0.717, 1.165) is 81.8 Å². The average molecular weight is 1000 g/mol. The van der Waals surface area contributed by atoms with Gasteiger partial charge in [-0.3, -0.25) is 15.1 Å². The number of likely N-dealkylation sites (N-methyl/N-ethyl adjacent to an activating group) is 1. The number of phenolic OH excluding ortho intramolecular Hbond substituents is 1. The van der Waals surface area contributed by atoms with Gasteiger partial charge in [-0.2, -0.15) is 0 Å². The number of anilines is 1. The Balaban J connectivity index is 1.23. The summed E-state index contributed by atoms with van der Waals surface area (Å²) < 4.78 is 25.5. The standard InChI is InChI=1S/C60H82N4O9/c1-5-39-17-19-45-46(15-9-26-65)48-16-7-24-60(48)44-33-50(56-53(34-44)73-58(38-61-2)36-41(12-10-28-72-56)42(37-58)32-55(69)71-29-11-27-66)64-57(62-3)63-25-8-14-43-13-6-23-59(43,54(68)22-20-49(60)47(45)30-39)35-40-18-21-51(67)52(31-40)70-4/h18,20-22,31,33-34,39,41-43,45-49,55,61,65-67,69H,5-7,9,11-17,19,23-24,26-27,29-30,32,35-38H2,1-4H3,(H2,62,63,64). The Kier molecular flexibility index (Phi) is 17.0. The maximum absolute atomic E-state index is 15.7. The lowest BCUT2D eigenvalue weighted by Gasteiger charge is -2.59. The number of ether oxygens (including phenoxy) is 4. The molecule has 7 N–H and O–H groups in total. The summed E-state index contributed by atoms with van der Waals surface area (Å²) in [6.45, 7) is 3.34. The Hall–Kier alpha value is -4.76. The number of aromatic hydroxyl groups is 1. The van der Waals surface area contributed by atoms with Crippen molar-refractivity contribution in [1.82, 2.24) is 10.6 Å². The molecule has 5 saturated carbocycles. The Morgan fingerprint density at radius 1 is 1.01 bits per heavy atom. The van der Waals surface area contributed by atoms with E-state index in [1.165, 1.54) is 6.42 Å². The van der Waals surface area contributed by atoms with Crippen molar-refractivity contribution in [2.24, 2.45) is 63.7 Å². The van der Waals surface area contributed by atoms with Gasteiger partial charge >= 0.3 is 0 Å². The highest BCUT2D eigenvalue weighted by molar-refractivity contribution is 5.97. The number of carbonyl (C=O) groups excluding carboxylic acids is 1. The lowest BCUT2D eigenvalue weighted by Crippen LogP contribution is -2.55. The van der Waals surface area contributed by atoms with Gasteiger partial charge in [-0.1, -0.05) is 56.6 Å². The molecule has 0 saturated heterocycles. The second-order valence-electron chi connectivity index (χ2n) is 22.8. The van der Waals surface area contributed by atoms with Crippen molar-refractivity contribution in [3.8, 4) is 47.0 Å². The number of aliphatic imine (C=N–C) groups is 1. The number of fused-ring (bicyclic) bond motifs is 9. The van der Waals surface area contributed by atoms with Gasteiger partial charge < -0.3 is 50.0 Å². The van der Waals surface area contributed by atoms with Gasteiger partial charge in [0.2, 0.25) is 11.7 Å². The molecule has 2 aliphatic heterocycles. The first kappa shape index (κ1) is 53.1. The third kappa shape index (κ3) is 10.7. The molecule has 396 valence electrons. The maximum Gasteiger partial charge on any atom is 0.207 e. The first-order valence-corrected chi connectivity index (χ1v) is 27.8. The molecule has 0 radical (unpaired) electrons. The van der Waals surface area contributed by atoms with Crippen LogP contribution in [0.2, 0.25) is 0 Å². The van der Waals surface area contributed by atoms with E-state index in [1.54, 1.807) is 20.2 Å². The first-order chi connectivity index (χ1) is 35.5. The molecule has 5 aliphatic carbocycles. The molecular weight excluding hydrogens is 921 g/mol. The predicted octanol–water partition coefficient (Wildman–Crippen LogP) is 8.62. The van der Waals surface area contributed by atoms with Crippen molar-refractivity contribution in [2.75, 3.05) is 52.9 Å². The second-order valence-corrected chi connectivity index (χ2v) is 22.8. The summed E-state index contributed by atoms with van der Waals surface area (Å²) in [6.07, 6.45) is 22.2. The summed E-state index contributed by atoms with van der Waals surface area (Å²) in [5.74, 6) is 11.2. The number of allylic oxidation sites excluding steroid dienone is 2. The summed E-state index contributed by atoms with van der Waals surface area (Å²) in [6, 6.07) is 13.2. The van der Waals surface area contributed by atoms with Crippen molar-refractivity contribution < 1.29 is 44.2 Å². The molecule has 1 spiro atoms. The minimum absolute atomic E-state index is 0.00131. The lowest BCUT2D eigenvalue weighted by atomic mass is 9.45. The van der Waals surface area contributed by atoms with Crippen LogP contribution < -0.4 is 30.2 Å². The predicted molar refractivity (Wildman–Crippen MR) is 283 cm³/mol. The van der Waals surface area contributed by atoms with Gasteiger partial charge in [0.1, 0.15) is 11.7 Å². The molecule has 0 aromatic heterocycles. The van der Waals surface area contributed by atoms with Crippen LogP contribution in [0.25, 0.3) is 0 Å². The fourth-order valence-electron chi connectivity index (χ4n) is 15.9. The zero-order valence-corrected chi connectivity index (χ0v) is 43.9.